The van der Waals surface area contributed by atoms with Crippen molar-refractivity contribution in [1.29, 1.82) is 0 Å². The molecule has 1 atom stereocenters. The van der Waals surface area contributed by atoms with Crippen molar-refractivity contribution in [3.8, 4) is 10.4 Å². The van der Waals surface area contributed by atoms with Gasteiger partial charge in [-0.2, -0.15) is 0 Å². The Morgan fingerprint density at radius 3 is 2.75 bits per heavy atom. The van der Waals surface area contributed by atoms with Crippen LogP contribution < -0.4 is 5.32 Å². The first-order valence-electron chi connectivity index (χ1n) is 6.88. The first-order valence-corrected chi connectivity index (χ1v) is 8.07. The molecule has 0 fully saturated rings. The van der Waals surface area contributed by atoms with Gasteiger partial charge in [-0.1, -0.05) is 42.3 Å². The average molecular weight is 306 g/mol. The zero-order valence-electron chi connectivity index (χ0n) is 12.1. The van der Waals surface area contributed by atoms with Crippen LogP contribution in [0, 0.1) is 0 Å². The van der Waals surface area contributed by atoms with E-state index in [-0.39, 0.29) is 0 Å². The van der Waals surface area contributed by atoms with Gasteiger partial charge in [0.15, 0.2) is 0 Å². The molecule has 3 heteroatoms. The maximum atomic E-state index is 6.25. The van der Waals surface area contributed by atoms with Crippen LogP contribution in [0.2, 0.25) is 5.02 Å². The van der Waals surface area contributed by atoms with Gasteiger partial charge in [0.2, 0.25) is 0 Å². The molecule has 0 amide bonds. The first-order chi connectivity index (χ1) is 9.61. The molecular formula is C17H20ClNS. The standard InChI is InChI=1S/C17H20ClNS/c1-4-19-13(3)12(2)11-14-9-10-17(20-14)15-7-5-6-8-16(15)18/h5-11,13,19H,4H2,1-3H3/b12-11+. The molecule has 2 aromatic rings. The Morgan fingerprint density at radius 2 is 2.05 bits per heavy atom. The first kappa shape index (κ1) is 15.3. The Bertz CT molecular complexity index is 601. The van der Waals surface area contributed by atoms with E-state index in [1.54, 1.807) is 11.3 Å². The molecule has 0 saturated heterocycles. The molecule has 1 nitrogen and oxygen atoms in total. The Labute approximate surface area is 130 Å². The predicted molar refractivity (Wildman–Crippen MR) is 91.6 cm³/mol. The number of hydrogen-bond donors (Lipinski definition) is 1. The SMILES string of the molecule is CCNC(C)/C(C)=C/c1ccc(-c2ccccc2Cl)s1. The number of halogens is 1. The predicted octanol–water partition coefficient (Wildman–Crippen LogP) is 5.47. The van der Waals surface area contributed by atoms with Crippen LogP contribution in [0.4, 0.5) is 0 Å². The molecular weight excluding hydrogens is 286 g/mol. The van der Waals surface area contributed by atoms with E-state index in [9.17, 15) is 0 Å². The van der Waals surface area contributed by atoms with Crippen LogP contribution in [0.1, 0.15) is 25.6 Å². The molecule has 0 aliphatic rings. The molecule has 1 unspecified atom stereocenters. The molecule has 1 heterocycles. The van der Waals surface area contributed by atoms with Crippen molar-refractivity contribution in [2.75, 3.05) is 6.54 Å². The Hall–Kier alpha value is -1.09. The second-order valence-corrected chi connectivity index (χ2v) is 6.37. The van der Waals surface area contributed by atoms with Gasteiger partial charge in [-0.3, -0.25) is 0 Å². The summed E-state index contributed by atoms with van der Waals surface area (Å²) in [6.07, 6.45) is 2.25. The summed E-state index contributed by atoms with van der Waals surface area (Å²) in [6.45, 7) is 7.48. The van der Waals surface area contributed by atoms with Gasteiger partial charge in [0.05, 0.1) is 0 Å². The van der Waals surface area contributed by atoms with Crippen molar-refractivity contribution in [1.82, 2.24) is 5.32 Å². The molecule has 0 saturated carbocycles. The Balaban J connectivity index is 2.22. The van der Waals surface area contributed by atoms with Gasteiger partial charge in [-0.25, -0.2) is 0 Å². The fourth-order valence-corrected chi connectivity index (χ4v) is 3.41. The van der Waals surface area contributed by atoms with Crippen LogP contribution in [0.15, 0.2) is 42.0 Å². The maximum Gasteiger partial charge on any atom is 0.0492 e. The van der Waals surface area contributed by atoms with Crippen LogP contribution in [-0.4, -0.2) is 12.6 Å². The minimum absolute atomic E-state index is 0.408. The molecule has 1 aromatic carbocycles. The zero-order valence-corrected chi connectivity index (χ0v) is 13.7. The van der Waals surface area contributed by atoms with Crippen LogP contribution in [0.3, 0.4) is 0 Å². The van der Waals surface area contributed by atoms with E-state index >= 15 is 0 Å². The van der Waals surface area contributed by atoms with E-state index in [0.29, 0.717) is 6.04 Å². The number of likely N-dealkylation sites (N-methyl/N-ethyl adjacent to an activating group) is 1. The molecule has 106 valence electrons. The van der Waals surface area contributed by atoms with Crippen LogP contribution >= 0.6 is 22.9 Å². The number of hydrogen-bond acceptors (Lipinski definition) is 2. The smallest absolute Gasteiger partial charge is 0.0492 e. The molecule has 0 aliphatic carbocycles. The van der Waals surface area contributed by atoms with Gasteiger partial charge in [0.1, 0.15) is 0 Å². The Morgan fingerprint density at radius 1 is 1.30 bits per heavy atom. The zero-order chi connectivity index (χ0) is 14.5. The third-order valence-electron chi connectivity index (χ3n) is 3.33. The van der Waals surface area contributed by atoms with Crippen molar-refractivity contribution in [3.05, 3.63) is 51.9 Å². The second kappa shape index (κ2) is 7.07. The van der Waals surface area contributed by atoms with Crippen molar-refractivity contribution in [2.24, 2.45) is 0 Å². The lowest BCUT2D eigenvalue weighted by molar-refractivity contribution is 0.636. The van der Waals surface area contributed by atoms with E-state index in [2.05, 4.69) is 50.4 Å². The summed E-state index contributed by atoms with van der Waals surface area (Å²) >= 11 is 8.02. The van der Waals surface area contributed by atoms with Gasteiger partial charge in [-0.15, -0.1) is 11.3 Å². The summed E-state index contributed by atoms with van der Waals surface area (Å²) in [7, 11) is 0. The van der Waals surface area contributed by atoms with Gasteiger partial charge < -0.3 is 5.32 Å². The number of benzene rings is 1. The molecule has 1 aromatic heterocycles. The molecule has 0 bridgehead atoms. The molecule has 0 radical (unpaired) electrons. The Kier molecular flexibility index (Phi) is 5.41. The van der Waals surface area contributed by atoms with Gasteiger partial charge in [0.25, 0.3) is 0 Å². The van der Waals surface area contributed by atoms with Crippen LogP contribution in [-0.2, 0) is 0 Å². The summed E-state index contributed by atoms with van der Waals surface area (Å²) in [4.78, 5) is 2.48. The maximum absolute atomic E-state index is 6.25. The minimum Gasteiger partial charge on any atom is -0.311 e. The summed E-state index contributed by atoms with van der Waals surface area (Å²) in [5.74, 6) is 0. The molecule has 1 N–H and O–H groups in total. The fourth-order valence-electron chi connectivity index (χ4n) is 2.05. The third kappa shape index (κ3) is 3.72. The van der Waals surface area contributed by atoms with Gasteiger partial charge in [-0.05, 0) is 44.7 Å². The van der Waals surface area contributed by atoms with Crippen LogP contribution in [0.25, 0.3) is 16.5 Å². The molecule has 20 heavy (non-hydrogen) atoms. The van der Waals surface area contributed by atoms with E-state index in [0.717, 1.165) is 17.1 Å². The van der Waals surface area contributed by atoms with Crippen molar-refractivity contribution >= 4 is 29.0 Å². The van der Waals surface area contributed by atoms with E-state index in [4.69, 9.17) is 11.6 Å². The van der Waals surface area contributed by atoms with E-state index in [1.165, 1.54) is 15.3 Å². The average Bonchev–Trinajstić information content (AvgIpc) is 2.87. The number of rotatable bonds is 5. The fraction of sp³-hybridized carbons (Fsp3) is 0.294. The second-order valence-electron chi connectivity index (χ2n) is 4.85. The minimum atomic E-state index is 0.408. The monoisotopic (exact) mass is 305 g/mol. The summed E-state index contributed by atoms with van der Waals surface area (Å²) in [6, 6.07) is 12.7. The number of thiophene rings is 1. The highest BCUT2D eigenvalue weighted by Crippen LogP contribution is 2.34. The number of nitrogens with one attached hydrogen (secondary N) is 1. The van der Waals surface area contributed by atoms with Crippen LogP contribution in [0.5, 0.6) is 0 Å². The summed E-state index contributed by atoms with van der Waals surface area (Å²) in [5, 5.41) is 4.24. The van der Waals surface area contributed by atoms with Crippen molar-refractivity contribution in [3.63, 3.8) is 0 Å². The quantitative estimate of drug-likeness (QED) is 0.772. The lowest BCUT2D eigenvalue weighted by Gasteiger charge is -2.12. The van der Waals surface area contributed by atoms with Gasteiger partial charge >= 0.3 is 0 Å². The highest BCUT2D eigenvalue weighted by atomic mass is 35.5. The molecule has 2 rings (SSSR count). The van der Waals surface area contributed by atoms with Gasteiger partial charge in [0, 0.05) is 26.4 Å². The highest BCUT2D eigenvalue weighted by Gasteiger charge is 2.07. The van der Waals surface area contributed by atoms with E-state index in [1.807, 2.05) is 18.2 Å². The largest absolute Gasteiger partial charge is 0.311 e. The molecule has 0 aliphatic heterocycles. The molecule has 0 spiro atoms. The van der Waals surface area contributed by atoms with Crippen molar-refractivity contribution in [2.45, 2.75) is 26.8 Å². The van der Waals surface area contributed by atoms with Crippen molar-refractivity contribution < 1.29 is 0 Å². The third-order valence-corrected chi connectivity index (χ3v) is 4.72. The lowest BCUT2D eigenvalue weighted by Crippen LogP contribution is -2.26. The van der Waals surface area contributed by atoms with E-state index < -0.39 is 0 Å². The topological polar surface area (TPSA) is 12.0 Å². The normalized spacial score (nSPS) is 13.5. The summed E-state index contributed by atoms with van der Waals surface area (Å²) < 4.78 is 0. The lowest BCUT2D eigenvalue weighted by atomic mass is 10.1. The summed E-state index contributed by atoms with van der Waals surface area (Å²) in [5.41, 5.74) is 2.45. The highest BCUT2D eigenvalue weighted by molar-refractivity contribution is 7.16.